The van der Waals surface area contributed by atoms with Crippen molar-refractivity contribution in [1.29, 1.82) is 0 Å². The topological polar surface area (TPSA) is 64.6 Å². The minimum absolute atomic E-state index is 0.168. The Hall–Kier alpha value is -2.82. The van der Waals surface area contributed by atoms with Crippen LogP contribution >= 0.6 is 0 Å². The molecule has 2 aromatic carbocycles. The van der Waals surface area contributed by atoms with E-state index in [4.69, 9.17) is 9.47 Å². The fourth-order valence-electron chi connectivity index (χ4n) is 3.48. The SMILES string of the molecule is C[C@@H]1CCCC[C@H]1NC(=O)COC(=O)c1ccccc1OCc1ccccc1. The summed E-state index contributed by atoms with van der Waals surface area (Å²) in [4.78, 5) is 24.6. The van der Waals surface area contributed by atoms with Crippen LogP contribution in [0.5, 0.6) is 5.75 Å². The lowest BCUT2D eigenvalue weighted by Gasteiger charge is -2.29. The molecule has 3 rings (SSSR count). The first-order chi connectivity index (χ1) is 13.6. The lowest BCUT2D eigenvalue weighted by molar-refractivity contribution is -0.125. The van der Waals surface area contributed by atoms with Crippen LogP contribution in [0.4, 0.5) is 0 Å². The molecule has 1 saturated carbocycles. The van der Waals surface area contributed by atoms with Crippen molar-refractivity contribution in [3.05, 3.63) is 65.7 Å². The first-order valence-electron chi connectivity index (χ1n) is 9.85. The third kappa shape index (κ3) is 5.59. The molecule has 0 aromatic heterocycles. The number of hydrogen-bond donors (Lipinski definition) is 1. The molecule has 0 bridgehead atoms. The van der Waals surface area contributed by atoms with Crippen molar-refractivity contribution in [3.8, 4) is 5.75 Å². The van der Waals surface area contributed by atoms with E-state index >= 15 is 0 Å². The van der Waals surface area contributed by atoms with Crippen molar-refractivity contribution < 1.29 is 19.1 Å². The summed E-state index contributed by atoms with van der Waals surface area (Å²) in [7, 11) is 0. The number of ether oxygens (including phenoxy) is 2. The third-order valence-corrected chi connectivity index (χ3v) is 5.14. The van der Waals surface area contributed by atoms with Crippen LogP contribution in [-0.4, -0.2) is 24.5 Å². The maximum Gasteiger partial charge on any atom is 0.342 e. The molecule has 0 heterocycles. The molecule has 0 spiro atoms. The number of amides is 1. The van der Waals surface area contributed by atoms with Crippen molar-refractivity contribution in [3.63, 3.8) is 0 Å². The Kier molecular flexibility index (Phi) is 7.06. The van der Waals surface area contributed by atoms with Gasteiger partial charge in [0, 0.05) is 6.04 Å². The fourth-order valence-corrected chi connectivity index (χ4v) is 3.48. The molecule has 1 aliphatic rings. The average molecular weight is 381 g/mol. The van der Waals surface area contributed by atoms with Crippen molar-refractivity contribution in [1.82, 2.24) is 5.32 Å². The summed E-state index contributed by atoms with van der Waals surface area (Å²) in [6, 6.07) is 16.8. The summed E-state index contributed by atoms with van der Waals surface area (Å²) < 4.78 is 11.0. The molecule has 2 aromatic rings. The van der Waals surface area contributed by atoms with E-state index in [1.54, 1.807) is 24.3 Å². The Morgan fingerprint density at radius 3 is 2.50 bits per heavy atom. The van der Waals surface area contributed by atoms with Crippen molar-refractivity contribution in [2.45, 2.75) is 45.3 Å². The molecular formula is C23H27NO4. The molecular weight excluding hydrogens is 354 g/mol. The van der Waals surface area contributed by atoms with Gasteiger partial charge in [-0.05, 0) is 36.5 Å². The maximum absolute atomic E-state index is 12.5. The van der Waals surface area contributed by atoms with Gasteiger partial charge in [-0.3, -0.25) is 4.79 Å². The van der Waals surface area contributed by atoms with Crippen LogP contribution in [0, 0.1) is 5.92 Å². The average Bonchev–Trinajstić information content (AvgIpc) is 2.73. The van der Waals surface area contributed by atoms with E-state index in [0.29, 0.717) is 23.8 Å². The van der Waals surface area contributed by atoms with Crippen LogP contribution in [0.1, 0.15) is 48.5 Å². The zero-order valence-corrected chi connectivity index (χ0v) is 16.2. The molecule has 5 nitrogen and oxygen atoms in total. The number of benzene rings is 2. The zero-order valence-electron chi connectivity index (χ0n) is 16.2. The maximum atomic E-state index is 12.5. The van der Waals surface area contributed by atoms with Crippen molar-refractivity contribution in [2.24, 2.45) is 5.92 Å². The smallest absolute Gasteiger partial charge is 0.342 e. The van der Waals surface area contributed by atoms with E-state index in [1.165, 1.54) is 6.42 Å². The van der Waals surface area contributed by atoms with Crippen LogP contribution < -0.4 is 10.1 Å². The van der Waals surface area contributed by atoms with Crippen LogP contribution in [-0.2, 0) is 16.1 Å². The van der Waals surface area contributed by atoms with Gasteiger partial charge in [0.25, 0.3) is 5.91 Å². The van der Waals surface area contributed by atoms with Gasteiger partial charge in [0.05, 0.1) is 0 Å². The summed E-state index contributed by atoms with van der Waals surface area (Å²) >= 11 is 0. The van der Waals surface area contributed by atoms with Gasteiger partial charge in [-0.2, -0.15) is 0 Å². The molecule has 1 fully saturated rings. The Morgan fingerprint density at radius 2 is 1.71 bits per heavy atom. The van der Waals surface area contributed by atoms with E-state index in [0.717, 1.165) is 24.8 Å². The minimum atomic E-state index is -0.560. The van der Waals surface area contributed by atoms with Gasteiger partial charge in [0.2, 0.25) is 0 Å². The van der Waals surface area contributed by atoms with Crippen LogP contribution in [0.3, 0.4) is 0 Å². The van der Waals surface area contributed by atoms with Crippen LogP contribution in [0.25, 0.3) is 0 Å². The number of esters is 1. The molecule has 28 heavy (non-hydrogen) atoms. The standard InChI is InChI=1S/C23H27NO4/c1-17-9-5-7-13-20(17)24-22(25)16-28-23(26)19-12-6-8-14-21(19)27-15-18-10-3-2-4-11-18/h2-4,6,8,10-12,14,17,20H,5,7,9,13,15-16H2,1H3,(H,24,25)/t17-,20-/m1/s1. The number of carbonyl (C=O) groups is 2. The molecule has 148 valence electrons. The number of nitrogens with one attached hydrogen (secondary N) is 1. The zero-order chi connectivity index (χ0) is 19.8. The van der Waals surface area contributed by atoms with Crippen molar-refractivity contribution >= 4 is 11.9 Å². The second-order valence-electron chi connectivity index (χ2n) is 7.28. The molecule has 1 N–H and O–H groups in total. The van der Waals surface area contributed by atoms with E-state index < -0.39 is 5.97 Å². The van der Waals surface area contributed by atoms with Gasteiger partial charge < -0.3 is 14.8 Å². The van der Waals surface area contributed by atoms with Gasteiger partial charge >= 0.3 is 5.97 Å². The predicted molar refractivity (Wildman–Crippen MR) is 107 cm³/mol. The van der Waals surface area contributed by atoms with E-state index in [2.05, 4.69) is 12.2 Å². The minimum Gasteiger partial charge on any atom is -0.488 e. The van der Waals surface area contributed by atoms with Gasteiger partial charge in [0.1, 0.15) is 17.9 Å². The van der Waals surface area contributed by atoms with E-state index in [9.17, 15) is 9.59 Å². The molecule has 1 aliphatic carbocycles. The molecule has 0 unspecified atom stereocenters. The first kappa shape index (κ1) is 19.9. The highest BCUT2D eigenvalue weighted by molar-refractivity contribution is 5.94. The summed E-state index contributed by atoms with van der Waals surface area (Å²) in [5, 5.41) is 2.99. The highest BCUT2D eigenvalue weighted by atomic mass is 16.5. The van der Waals surface area contributed by atoms with Gasteiger partial charge in [-0.25, -0.2) is 4.79 Å². The molecule has 0 aliphatic heterocycles. The normalized spacial score (nSPS) is 18.9. The number of para-hydroxylation sites is 1. The third-order valence-electron chi connectivity index (χ3n) is 5.14. The van der Waals surface area contributed by atoms with Crippen molar-refractivity contribution in [2.75, 3.05) is 6.61 Å². The highest BCUT2D eigenvalue weighted by Crippen LogP contribution is 2.24. The molecule has 5 heteroatoms. The monoisotopic (exact) mass is 381 g/mol. The lowest BCUT2D eigenvalue weighted by Crippen LogP contribution is -2.42. The quantitative estimate of drug-likeness (QED) is 0.733. The number of carbonyl (C=O) groups excluding carboxylic acids is 2. The molecule has 0 saturated heterocycles. The Morgan fingerprint density at radius 1 is 1.00 bits per heavy atom. The summed E-state index contributed by atoms with van der Waals surface area (Å²) in [5.41, 5.74) is 1.32. The highest BCUT2D eigenvalue weighted by Gasteiger charge is 2.23. The Labute approximate surface area is 166 Å². The molecule has 0 radical (unpaired) electrons. The van der Waals surface area contributed by atoms with Gasteiger partial charge in [-0.1, -0.05) is 62.2 Å². The molecule has 1 amide bonds. The second-order valence-corrected chi connectivity index (χ2v) is 7.28. The Balaban J connectivity index is 1.53. The largest absolute Gasteiger partial charge is 0.488 e. The summed E-state index contributed by atoms with van der Waals surface area (Å²) in [5.74, 6) is 0.0865. The summed E-state index contributed by atoms with van der Waals surface area (Å²) in [6.45, 7) is 2.22. The lowest BCUT2D eigenvalue weighted by atomic mass is 9.86. The van der Waals surface area contributed by atoms with E-state index in [1.807, 2.05) is 30.3 Å². The number of hydrogen-bond acceptors (Lipinski definition) is 4. The number of rotatable bonds is 7. The summed E-state index contributed by atoms with van der Waals surface area (Å²) in [6.07, 6.45) is 4.44. The van der Waals surface area contributed by atoms with Crippen LogP contribution in [0.2, 0.25) is 0 Å². The van der Waals surface area contributed by atoms with Crippen LogP contribution in [0.15, 0.2) is 54.6 Å². The van der Waals surface area contributed by atoms with Gasteiger partial charge in [-0.15, -0.1) is 0 Å². The predicted octanol–water partition coefficient (Wildman–Crippen LogP) is 4.12. The molecule has 2 atom stereocenters. The first-order valence-corrected chi connectivity index (χ1v) is 9.85. The second kappa shape index (κ2) is 9.93. The van der Waals surface area contributed by atoms with E-state index in [-0.39, 0.29) is 18.6 Å². The Bertz CT molecular complexity index is 790. The fraction of sp³-hybridized carbons (Fsp3) is 0.391. The van der Waals surface area contributed by atoms with Gasteiger partial charge in [0.15, 0.2) is 6.61 Å².